The van der Waals surface area contributed by atoms with Gasteiger partial charge in [-0.2, -0.15) is 0 Å². The summed E-state index contributed by atoms with van der Waals surface area (Å²) < 4.78 is 39.3. The third-order valence-corrected chi connectivity index (χ3v) is 5.79. The van der Waals surface area contributed by atoms with Crippen molar-refractivity contribution in [2.45, 2.75) is 51.0 Å². The van der Waals surface area contributed by atoms with Crippen LogP contribution in [-0.2, 0) is 10.0 Å². The molecule has 0 atom stereocenters. The van der Waals surface area contributed by atoms with Crippen LogP contribution >= 0.6 is 12.4 Å². The maximum atomic E-state index is 12.7. The zero-order valence-electron chi connectivity index (χ0n) is 15.9. The minimum absolute atomic E-state index is 0. The zero-order valence-corrected chi connectivity index (χ0v) is 17.5. The van der Waals surface area contributed by atoms with E-state index in [1.807, 2.05) is 13.8 Å². The van der Waals surface area contributed by atoms with Gasteiger partial charge in [-0.25, -0.2) is 13.1 Å². The monoisotopic (exact) mass is 406 g/mol. The van der Waals surface area contributed by atoms with Crippen molar-refractivity contribution in [2.75, 3.05) is 32.8 Å². The van der Waals surface area contributed by atoms with Crippen LogP contribution in [0.2, 0.25) is 0 Å². The Kier molecular flexibility index (Phi) is 9.71. The van der Waals surface area contributed by atoms with E-state index >= 15 is 0 Å². The Morgan fingerprint density at radius 2 is 1.69 bits per heavy atom. The fourth-order valence-electron chi connectivity index (χ4n) is 3.08. The van der Waals surface area contributed by atoms with Crippen molar-refractivity contribution in [3.8, 4) is 11.5 Å². The van der Waals surface area contributed by atoms with Crippen molar-refractivity contribution >= 4 is 22.4 Å². The maximum absolute atomic E-state index is 12.7. The van der Waals surface area contributed by atoms with E-state index in [0.717, 1.165) is 38.9 Å². The van der Waals surface area contributed by atoms with Gasteiger partial charge in [-0.1, -0.05) is 6.92 Å². The summed E-state index contributed by atoms with van der Waals surface area (Å²) in [6.45, 7) is 9.81. The van der Waals surface area contributed by atoms with Gasteiger partial charge in [0, 0.05) is 12.1 Å². The van der Waals surface area contributed by atoms with Gasteiger partial charge in [0.15, 0.2) is 11.5 Å². The first kappa shape index (κ1) is 23.0. The average molecular weight is 407 g/mol. The molecule has 0 bridgehead atoms. The highest BCUT2D eigenvalue weighted by Gasteiger charge is 2.25. The lowest BCUT2D eigenvalue weighted by molar-refractivity contribution is 0.208. The molecule has 26 heavy (non-hydrogen) atoms. The Bertz CT molecular complexity index is 647. The van der Waals surface area contributed by atoms with Crippen LogP contribution in [0.15, 0.2) is 23.1 Å². The van der Waals surface area contributed by atoms with Crippen molar-refractivity contribution in [3.63, 3.8) is 0 Å². The second kappa shape index (κ2) is 11.0. The first-order valence-corrected chi connectivity index (χ1v) is 10.6. The molecule has 150 valence electrons. The average Bonchev–Trinajstić information content (AvgIpc) is 2.58. The van der Waals surface area contributed by atoms with Crippen LogP contribution in [-0.4, -0.2) is 52.2 Å². The molecule has 0 unspecified atom stereocenters. The quantitative estimate of drug-likeness (QED) is 0.682. The molecule has 1 aliphatic heterocycles. The molecule has 0 spiro atoms. The van der Waals surface area contributed by atoms with Gasteiger partial charge in [0.25, 0.3) is 0 Å². The van der Waals surface area contributed by atoms with E-state index in [2.05, 4.69) is 16.5 Å². The molecule has 2 rings (SSSR count). The minimum atomic E-state index is -3.57. The van der Waals surface area contributed by atoms with Gasteiger partial charge in [-0.15, -0.1) is 12.4 Å². The predicted molar refractivity (Wildman–Crippen MR) is 106 cm³/mol. The summed E-state index contributed by atoms with van der Waals surface area (Å²) in [4.78, 5) is 2.60. The summed E-state index contributed by atoms with van der Waals surface area (Å²) in [7, 11) is -3.57. The number of nitrogens with zero attached hydrogens (tertiary/aromatic N) is 1. The highest BCUT2D eigenvalue weighted by Crippen LogP contribution is 2.30. The van der Waals surface area contributed by atoms with Gasteiger partial charge in [-0.05, 0) is 64.9 Å². The van der Waals surface area contributed by atoms with Gasteiger partial charge in [0.1, 0.15) is 0 Å². The molecule has 1 heterocycles. The molecular formula is C18H31ClN2O4S. The highest BCUT2D eigenvalue weighted by molar-refractivity contribution is 7.89. The molecule has 1 fully saturated rings. The topological polar surface area (TPSA) is 67.9 Å². The number of ether oxygens (including phenoxy) is 2. The van der Waals surface area contributed by atoms with E-state index in [9.17, 15) is 8.42 Å². The molecule has 1 saturated heterocycles. The van der Waals surface area contributed by atoms with E-state index < -0.39 is 10.0 Å². The van der Waals surface area contributed by atoms with Crippen LogP contribution in [0.3, 0.4) is 0 Å². The second-order valence-corrected chi connectivity index (χ2v) is 7.93. The number of halogens is 1. The lowest BCUT2D eigenvalue weighted by atomic mass is 10.1. The van der Waals surface area contributed by atoms with E-state index in [4.69, 9.17) is 9.47 Å². The van der Waals surface area contributed by atoms with Gasteiger partial charge in [-0.3, -0.25) is 0 Å². The largest absolute Gasteiger partial charge is 0.490 e. The second-order valence-electron chi connectivity index (χ2n) is 6.21. The third kappa shape index (κ3) is 6.30. The van der Waals surface area contributed by atoms with Crippen LogP contribution in [0.1, 0.15) is 40.0 Å². The number of hydrogen-bond acceptors (Lipinski definition) is 5. The van der Waals surface area contributed by atoms with E-state index in [-0.39, 0.29) is 23.3 Å². The number of nitrogens with one attached hydrogen (secondary N) is 1. The van der Waals surface area contributed by atoms with Crippen LogP contribution < -0.4 is 14.2 Å². The molecule has 0 aromatic heterocycles. The fourth-order valence-corrected chi connectivity index (χ4v) is 4.40. The van der Waals surface area contributed by atoms with Crippen molar-refractivity contribution < 1.29 is 17.9 Å². The summed E-state index contributed by atoms with van der Waals surface area (Å²) >= 11 is 0. The molecule has 0 radical (unpaired) electrons. The molecule has 1 aromatic rings. The number of rotatable bonds is 9. The Balaban J connectivity index is 0.00000338. The molecule has 0 saturated carbocycles. The first-order chi connectivity index (χ1) is 12.0. The number of piperidine rings is 1. The third-order valence-electron chi connectivity index (χ3n) is 4.27. The number of hydrogen-bond donors (Lipinski definition) is 1. The molecule has 0 amide bonds. The highest BCUT2D eigenvalue weighted by atomic mass is 35.5. The molecular weight excluding hydrogens is 376 g/mol. The molecule has 0 aliphatic carbocycles. The summed E-state index contributed by atoms with van der Waals surface area (Å²) in [5.74, 6) is 1.03. The Morgan fingerprint density at radius 3 is 2.27 bits per heavy atom. The molecule has 1 N–H and O–H groups in total. The fraction of sp³-hybridized carbons (Fsp3) is 0.667. The first-order valence-electron chi connectivity index (χ1n) is 9.14. The molecule has 8 heteroatoms. The van der Waals surface area contributed by atoms with Gasteiger partial charge >= 0.3 is 0 Å². The number of sulfonamides is 1. The SMILES string of the molecule is CCCN1CCC(NS(=O)(=O)c2ccc(OCC)c(OCC)c2)CC1.Cl. The summed E-state index contributed by atoms with van der Waals surface area (Å²) in [6, 6.07) is 4.76. The standard InChI is InChI=1S/C18H30N2O4S.ClH/c1-4-11-20-12-9-15(10-13-20)19-25(21,22)16-7-8-17(23-5-2)18(14-16)24-6-3;/h7-8,14-15,19H,4-6,9-13H2,1-3H3;1H. The van der Waals surface area contributed by atoms with Crippen LogP contribution in [0, 0.1) is 0 Å². The summed E-state index contributed by atoms with van der Waals surface area (Å²) in [6.07, 6.45) is 2.81. The summed E-state index contributed by atoms with van der Waals surface area (Å²) in [5, 5.41) is 0. The minimum Gasteiger partial charge on any atom is -0.490 e. The number of benzene rings is 1. The Morgan fingerprint density at radius 1 is 1.08 bits per heavy atom. The molecule has 1 aliphatic rings. The summed E-state index contributed by atoms with van der Waals surface area (Å²) in [5.41, 5.74) is 0. The normalized spacial score (nSPS) is 16.1. The van der Waals surface area contributed by atoms with Crippen LogP contribution in [0.4, 0.5) is 0 Å². The van der Waals surface area contributed by atoms with Crippen molar-refractivity contribution in [3.05, 3.63) is 18.2 Å². The Labute approximate surface area is 163 Å². The molecule has 1 aromatic carbocycles. The van der Waals surface area contributed by atoms with Gasteiger partial charge in [0.05, 0.1) is 18.1 Å². The lowest BCUT2D eigenvalue weighted by Crippen LogP contribution is -2.44. The Hall–Kier alpha value is -1.02. The lowest BCUT2D eigenvalue weighted by Gasteiger charge is -2.31. The van der Waals surface area contributed by atoms with Crippen LogP contribution in [0.5, 0.6) is 11.5 Å². The van der Waals surface area contributed by atoms with E-state index in [1.165, 1.54) is 0 Å². The van der Waals surface area contributed by atoms with Gasteiger partial charge < -0.3 is 14.4 Å². The van der Waals surface area contributed by atoms with E-state index in [1.54, 1.807) is 18.2 Å². The smallest absolute Gasteiger partial charge is 0.240 e. The van der Waals surface area contributed by atoms with Crippen molar-refractivity contribution in [1.82, 2.24) is 9.62 Å². The maximum Gasteiger partial charge on any atom is 0.240 e. The predicted octanol–water partition coefficient (Wildman–Crippen LogP) is 3.06. The van der Waals surface area contributed by atoms with Crippen molar-refractivity contribution in [2.24, 2.45) is 0 Å². The zero-order chi connectivity index (χ0) is 18.3. The van der Waals surface area contributed by atoms with Gasteiger partial charge in [0.2, 0.25) is 10.0 Å². The van der Waals surface area contributed by atoms with Crippen molar-refractivity contribution in [1.29, 1.82) is 0 Å². The number of likely N-dealkylation sites (tertiary alicyclic amines) is 1. The van der Waals surface area contributed by atoms with Crippen LogP contribution in [0.25, 0.3) is 0 Å². The molecule has 6 nitrogen and oxygen atoms in total. The van der Waals surface area contributed by atoms with E-state index in [0.29, 0.717) is 24.7 Å².